The van der Waals surface area contributed by atoms with Crippen LogP contribution in [0, 0.1) is 0 Å². The van der Waals surface area contributed by atoms with Crippen molar-refractivity contribution in [3.8, 4) is 0 Å². The van der Waals surface area contributed by atoms with Crippen LogP contribution in [0.4, 0.5) is 0 Å². The molecule has 0 radical (unpaired) electrons. The summed E-state index contributed by atoms with van der Waals surface area (Å²) in [6, 6.07) is 0. The van der Waals surface area contributed by atoms with Gasteiger partial charge in [-0.15, -0.1) is 0 Å². The molecule has 2 nitrogen and oxygen atoms in total. The first-order valence-corrected chi connectivity index (χ1v) is 13.5. The van der Waals surface area contributed by atoms with Crippen LogP contribution in [0.1, 0.15) is 27.7 Å². The first-order valence-electron chi connectivity index (χ1n) is 5.22. The van der Waals surface area contributed by atoms with Crippen molar-refractivity contribution in [2.75, 3.05) is 0 Å². The fraction of sp³-hybridized carbons (Fsp3) is 1.00. The van der Waals surface area contributed by atoms with Gasteiger partial charge in [-0.2, -0.15) is 0 Å². The SMILES string of the molecule is CC(C)OP(=S)(OC(C)C)S[Si](C)(C)C. The van der Waals surface area contributed by atoms with Crippen molar-refractivity contribution in [1.82, 2.24) is 0 Å². The van der Waals surface area contributed by atoms with Gasteiger partial charge in [0.2, 0.25) is 5.69 Å². The molecule has 0 fully saturated rings. The van der Waals surface area contributed by atoms with E-state index in [0.29, 0.717) is 0 Å². The zero-order valence-corrected chi connectivity index (χ0v) is 14.3. The van der Waals surface area contributed by atoms with Crippen LogP contribution in [-0.2, 0) is 20.9 Å². The van der Waals surface area contributed by atoms with Gasteiger partial charge in [0.05, 0.1) is 12.2 Å². The molecular weight excluding hydrogens is 263 g/mol. The van der Waals surface area contributed by atoms with Crippen molar-refractivity contribution < 1.29 is 9.05 Å². The highest BCUT2D eigenvalue weighted by atomic mass is 33.0. The molecule has 0 unspecified atom stereocenters. The maximum atomic E-state index is 5.83. The lowest BCUT2D eigenvalue weighted by Crippen LogP contribution is -2.16. The summed E-state index contributed by atoms with van der Waals surface area (Å²) in [5.74, 6) is 0. The number of hydrogen-bond acceptors (Lipinski definition) is 4. The molecule has 0 aromatic carbocycles. The van der Waals surface area contributed by atoms with Crippen molar-refractivity contribution in [2.45, 2.75) is 59.5 Å². The van der Waals surface area contributed by atoms with Gasteiger partial charge in [-0.1, -0.05) is 30.5 Å². The molecule has 0 rings (SSSR count). The maximum absolute atomic E-state index is 5.83. The minimum Gasteiger partial charge on any atom is -0.319 e. The molecule has 92 valence electrons. The van der Waals surface area contributed by atoms with E-state index in [2.05, 4.69) is 19.6 Å². The minimum absolute atomic E-state index is 0.137. The summed E-state index contributed by atoms with van der Waals surface area (Å²) in [5.41, 5.74) is -2.14. The van der Waals surface area contributed by atoms with Crippen LogP contribution >= 0.6 is 16.5 Å². The van der Waals surface area contributed by atoms with Crippen LogP contribution in [0.5, 0.6) is 0 Å². The Morgan fingerprint density at radius 2 is 1.33 bits per heavy atom. The Morgan fingerprint density at radius 1 is 1.00 bits per heavy atom. The average Bonchev–Trinajstić information content (AvgIpc) is 1.73. The third-order valence-corrected chi connectivity index (χ3v) is 15.5. The average molecular weight is 286 g/mol. The van der Waals surface area contributed by atoms with Crippen LogP contribution in [0.2, 0.25) is 19.6 Å². The van der Waals surface area contributed by atoms with Gasteiger partial charge in [0.1, 0.15) is 7.22 Å². The van der Waals surface area contributed by atoms with Crippen LogP contribution in [0.25, 0.3) is 0 Å². The highest BCUT2D eigenvalue weighted by Gasteiger charge is 2.30. The van der Waals surface area contributed by atoms with Crippen LogP contribution in [0.3, 0.4) is 0 Å². The lowest BCUT2D eigenvalue weighted by atomic mass is 10.5. The normalized spacial score (nSPS) is 13.9. The van der Waals surface area contributed by atoms with Crippen LogP contribution < -0.4 is 0 Å². The Labute approximate surface area is 104 Å². The van der Waals surface area contributed by atoms with E-state index >= 15 is 0 Å². The standard InChI is InChI=1S/C9H23O2PS2Si/c1-8(2)10-12(13,11-9(3)4)14-15(5,6)7/h8-9H,1-7H3. The van der Waals surface area contributed by atoms with Gasteiger partial charge in [-0.25, -0.2) is 0 Å². The van der Waals surface area contributed by atoms with E-state index in [9.17, 15) is 0 Å². The van der Waals surface area contributed by atoms with E-state index in [1.807, 2.05) is 27.7 Å². The highest BCUT2D eigenvalue weighted by molar-refractivity contribution is 8.79. The summed E-state index contributed by atoms with van der Waals surface area (Å²) in [4.78, 5) is 0. The molecule has 0 aliphatic heterocycles. The van der Waals surface area contributed by atoms with Gasteiger partial charge in [-0.05, 0) is 39.5 Å². The van der Waals surface area contributed by atoms with Crippen molar-refractivity contribution in [2.24, 2.45) is 0 Å². The van der Waals surface area contributed by atoms with E-state index in [1.165, 1.54) is 0 Å². The van der Waals surface area contributed by atoms with Crippen LogP contribution in [-0.4, -0.2) is 19.4 Å². The fourth-order valence-electron chi connectivity index (χ4n) is 0.920. The summed E-state index contributed by atoms with van der Waals surface area (Å²) < 4.78 is 11.7. The lowest BCUT2D eigenvalue weighted by molar-refractivity contribution is 0.186. The van der Waals surface area contributed by atoms with Gasteiger partial charge >= 0.3 is 0 Å². The molecule has 6 heteroatoms. The van der Waals surface area contributed by atoms with E-state index in [0.717, 1.165) is 0 Å². The molecule has 0 aliphatic rings. The van der Waals surface area contributed by atoms with Gasteiger partial charge < -0.3 is 9.05 Å². The first kappa shape index (κ1) is 16.1. The summed E-state index contributed by atoms with van der Waals surface area (Å²) in [7, 11) is 0.467. The van der Waals surface area contributed by atoms with Crippen molar-refractivity contribution in [3.05, 3.63) is 0 Å². The lowest BCUT2D eigenvalue weighted by Gasteiger charge is -2.30. The van der Waals surface area contributed by atoms with E-state index in [4.69, 9.17) is 20.9 Å². The summed E-state index contributed by atoms with van der Waals surface area (Å²) in [5, 5.41) is 0. The Kier molecular flexibility index (Phi) is 6.64. The van der Waals surface area contributed by atoms with Crippen molar-refractivity contribution in [1.29, 1.82) is 0 Å². The highest BCUT2D eigenvalue weighted by Crippen LogP contribution is 2.65. The summed E-state index contributed by atoms with van der Waals surface area (Å²) >= 11 is 5.57. The zero-order valence-electron chi connectivity index (χ0n) is 10.7. The van der Waals surface area contributed by atoms with E-state index in [1.54, 1.807) is 10.8 Å². The molecule has 0 saturated carbocycles. The topological polar surface area (TPSA) is 18.5 Å². The zero-order chi connectivity index (χ0) is 12.3. The second-order valence-electron chi connectivity index (χ2n) is 4.96. The Balaban J connectivity index is 4.63. The molecule has 0 bridgehead atoms. The third kappa shape index (κ3) is 8.90. The van der Waals surface area contributed by atoms with Crippen LogP contribution in [0.15, 0.2) is 0 Å². The second kappa shape index (κ2) is 6.17. The Morgan fingerprint density at radius 3 is 1.53 bits per heavy atom. The van der Waals surface area contributed by atoms with Crippen molar-refractivity contribution >= 4 is 35.6 Å². The first-order chi connectivity index (χ1) is 6.54. The van der Waals surface area contributed by atoms with E-state index in [-0.39, 0.29) is 12.2 Å². The predicted octanol–water partition coefficient (Wildman–Crippen LogP) is 4.63. The van der Waals surface area contributed by atoms with Gasteiger partial charge in [0.15, 0.2) is 0 Å². The molecule has 0 N–H and O–H groups in total. The molecule has 0 amide bonds. The molecule has 0 saturated heterocycles. The Hall–Kier alpha value is 1.14. The Bertz CT molecular complexity index is 225. The molecule has 0 aromatic rings. The summed E-state index contributed by atoms with van der Waals surface area (Å²) in [6.07, 6.45) is 0.275. The van der Waals surface area contributed by atoms with Gasteiger partial charge in [0.25, 0.3) is 0 Å². The molecular formula is C9H23O2PS2Si. The summed E-state index contributed by atoms with van der Waals surface area (Å²) in [6.45, 7) is 14.8. The molecule has 0 atom stereocenters. The quantitative estimate of drug-likeness (QED) is 0.523. The maximum Gasteiger partial charge on any atom is 0.242 e. The molecule has 0 spiro atoms. The predicted molar refractivity (Wildman–Crippen MR) is 77.7 cm³/mol. The molecule has 15 heavy (non-hydrogen) atoms. The molecule has 0 heterocycles. The largest absolute Gasteiger partial charge is 0.319 e. The van der Waals surface area contributed by atoms with E-state index < -0.39 is 12.9 Å². The van der Waals surface area contributed by atoms with Crippen molar-refractivity contribution in [3.63, 3.8) is 0 Å². The molecule has 0 aromatic heterocycles. The minimum atomic E-state index is -2.14. The molecule has 0 aliphatic carbocycles. The smallest absolute Gasteiger partial charge is 0.242 e. The van der Waals surface area contributed by atoms with Gasteiger partial charge in [-0.3, -0.25) is 0 Å². The van der Waals surface area contributed by atoms with Gasteiger partial charge in [0, 0.05) is 0 Å². The third-order valence-electron chi connectivity index (χ3n) is 1.07. The monoisotopic (exact) mass is 286 g/mol. The number of rotatable bonds is 6. The fourth-order valence-corrected chi connectivity index (χ4v) is 19.9. The number of hydrogen-bond donors (Lipinski definition) is 0. The second-order valence-corrected chi connectivity index (χ2v) is 20.1.